The van der Waals surface area contributed by atoms with Crippen molar-refractivity contribution in [3.05, 3.63) is 83.4 Å². The Morgan fingerprint density at radius 2 is 1.63 bits per heavy atom. The van der Waals surface area contributed by atoms with Crippen LogP contribution in [0.3, 0.4) is 0 Å². The molecule has 0 unspecified atom stereocenters. The zero-order chi connectivity index (χ0) is 24.0. The average molecular weight is 468 g/mol. The van der Waals surface area contributed by atoms with E-state index in [0.29, 0.717) is 29.7 Å². The minimum atomic E-state index is -0.198. The Bertz CT molecular complexity index is 1180. The second-order valence-electron chi connectivity index (χ2n) is 9.52. The molecule has 3 aromatic rings. The number of carbonyl (C=O) groups is 2. The smallest absolute Gasteiger partial charge is 0.255 e. The fourth-order valence-corrected chi connectivity index (χ4v) is 5.23. The Morgan fingerprint density at radius 1 is 0.857 bits per heavy atom. The van der Waals surface area contributed by atoms with Gasteiger partial charge in [-0.1, -0.05) is 42.8 Å². The maximum Gasteiger partial charge on any atom is 0.255 e. The minimum absolute atomic E-state index is 0.0946. The van der Waals surface area contributed by atoms with Crippen molar-refractivity contribution in [3.8, 4) is 11.1 Å². The number of hydrogen-bond donors (Lipinski definition) is 2. The lowest BCUT2D eigenvalue weighted by Gasteiger charge is -2.26. The highest BCUT2D eigenvalue weighted by Gasteiger charge is 2.27. The van der Waals surface area contributed by atoms with Crippen molar-refractivity contribution in [2.75, 3.05) is 36.8 Å². The van der Waals surface area contributed by atoms with Crippen molar-refractivity contribution < 1.29 is 9.59 Å². The topological polar surface area (TPSA) is 61.4 Å². The molecule has 1 fully saturated rings. The maximum atomic E-state index is 13.0. The lowest BCUT2D eigenvalue weighted by Crippen LogP contribution is -2.31. The number of nitrogens with zero attached hydrogens (tertiary/aromatic N) is 1. The first-order chi connectivity index (χ1) is 17.2. The average Bonchev–Trinajstić information content (AvgIpc) is 3.30. The van der Waals surface area contributed by atoms with Crippen molar-refractivity contribution in [3.63, 3.8) is 0 Å². The number of rotatable bonds is 8. The number of hydrogen-bond acceptors (Lipinski definition) is 4. The first-order valence-corrected chi connectivity index (χ1v) is 12.8. The van der Waals surface area contributed by atoms with Crippen LogP contribution in [0.25, 0.3) is 11.1 Å². The van der Waals surface area contributed by atoms with Gasteiger partial charge in [-0.2, -0.15) is 0 Å². The second kappa shape index (κ2) is 10.9. The van der Waals surface area contributed by atoms with Crippen LogP contribution in [0, 0.1) is 0 Å². The summed E-state index contributed by atoms with van der Waals surface area (Å²) in [7, 11) is 0. The van der Waals surface area contributed by atoms with Crippen molar-refractivity contribution in [2.45, 2.75) is 38.5 Å². The number of ketones is 1. The van der Waals surface area contributed by atoms with Crippen LogP contribution in [0.2, 0.25) is 0 Å². The molecule has 5 nitrogen and oxygen atoms in total. The Balaban J connectivity index is 1.21. The highest BCUT2D eigenvalue weighted by Crippen LogP contribution is 2.37. The number of fused-ring (bicyclic) bond motifs is 1. The molecule has 1 heterocycles. The fourth-order valence-electron chi connectivity index (χ4n) is 5.23. The van der Waals surface area contributed by atoms with Crippen LogP contribution >= 0.6 is 0 Å². The summed E-state index contributed by atoms with van der Waals surface area (Å²) in [4.78, 5) is 28.2. The van der Waals surface area contributed by atoms with E-state index in [1.165, 1.54) is 32.4 Å². The van der Waals surface area contributed by atoms with E-state index < -0.39 is 0 Å². The summed E-state index contributed by atoms with van der Waals surface area (Å²) in [5, 5.41) is 6.45. The predicted octanol–water partition coefficient (Wildman–Crippen LogP) is 6.02. The molecule has 2 aliphatic rings. The number of carbonyl (C=O) groups excluding carboxylic acids is 2. The molecule has 2 N–H and O–H groups in total. The monoisotopic (exact) mass is 467 g/mol. The number of amides is 1. The Labute approximate surface area is 207 Å². The number of Topliss-reactive ketones (excluding diaryl/α,β-unsaturated/α-hetero) is 1. The zero-order valence-corrected chi connectivity index (χ0v) is 20.2. The van der Waals surface area contributed by atoms with Crippen LogP contribution < -0.4 is 10.6 Å². The summed E-state index contributed by atoms with van der Waals surface area (Å²) in [6.07, 6.45) is 6.32. The van der Waals surface area contributed by atoms with Gasteiger partial charge in [0.05, 0.1) is 5.69 Å². The number of nitrogens with one attached hydrogen (secondary N) is 2. The third-order valence-corrected chi connectivity index (χ3v) is 7.10. The highest BCUT2D eigenvalue weighted by atomic mass is 16.1. The van der Waals surface area contributed by atoms with Crippen molar-refractivity contribution in [1.82, 2.24) is 4.90 Å². The van der Waals surface area contributed by atoms with Gasteiger partial charge in [0, 0.05) is 29.8 Å². The van der Waals surface area contributed by atoms with E-state index >= 15 is 0 Å². The molecular formula is C30H33N3O2. The molecule has 5 rings (SSSR count). The third-order valence-electron chi connectivity index (χ3n) is 7.10. The molecule has 0 aromatic heterocycles. The van der Waals surface area contributed by atoms with Gasteiger partial charge in [0.15, 0.2) is 5.78 Å². The Morgan fingerprint density at radius 3 is 2.40 bits per heavy atom. The van der Waals surface area contributed by atoms with E-state index in [1.54, 1.807) is 0 Å². The van der Waals surface area contributed by atoms with Crippen molar-refractivity contribution in [2.24, 2.45) is 0 Å². The Kier molecular flexibility index (Phi) is 7.24. The SMILES string of the molecule is O=C(Nc1ccc(-c2ccccc2)c2c1C(=O)CC2)c1ccc(NCCCN2CCCCC2)cc1. The van der Waals surface area contributed by atoms with Crippen LogP contribution in [-0.2, 0) is 6.42 Å². The summed E-state index contributed by atoms with van der Waals surface area (Å²) < 4.78 is 0. The molecule has 180 valence electrons. The van der Waals surface area contributed by atoms with Crippen LogP contribution in [-0.4, -0.2) is 42.8 Å². The van der Waals surface area contributed by atoms with Crippen LogP contribution in [0.1, 0.15) is 58.4 Å². The molecule has 3 aromatic carbocycles. The second-order valence-corrected chi connectivity index (χ2v) is 9.52. The summed E-state index contributed by atoms with van der Waals surface area (Å²) in [6, 6.07) is 21.5. The van der Waals surface area contributed by atoms with E-state index in [1.807, 2.05) is 54.6 Å². The van der Waals surface area contributed by atoms with Gasteiger partial charge in [-0.25, -0.2) is 0 Å². The molecule has 0 atom stereocenters. The number of piperidine rings is 1. The first-order valence-electron chi connectivity index (χ1n) is 12.8. The van der Waals surface area contributed by atoms with Crippen LogP contribution in [0.15, 0.2) is 66.7 Å². The molecule has 35 heavy (non-hydrogen) atoms. The highest BCUT2D eigenvalue weighted by molar-refractivity contribution is 6.12. The van der Waals surface area contributed by atoms with Gasteiger partial charge in [-0.05, 0) is 92.3 Å². The molecular weight excluding hydrogens is 434 g/mol. The van der Waals surface area contributed by atoms with Gasteiger partial charge in [0.1, 0.15) is 0 Å². The predicted molar refractivity (Wildman–Crippen MR) is 142 cm³/mol. The van der Waals surface area contributed by atoms with Gasteiger partial charge in [-0.3, -0.25) is 9.59 Å². The molecule has 1 aliphatic carbocycles. The molecule has 0 saturated carbocycles. The summed E-state index contributed by atoms with van der Waals surface area (Å²) in [5.41, 5.74) is 6.05. The standard InChI is InChI=1S/C30H33N3O2/c34-28-17-15-26-25(22-8-3-1-4-9-22)14-16-27(29(26)28)32-30(35)23-10-12-24(13-11-23)31-18-7-21-33-19-5-2-6-20-33/h1,3-4,8-14,16,31H,2,5-7,15,17-21H2,(H,32,35). The van der Waals surface area contributed by atoms with E-state index in [2.05, 4.69) is 27.7 Å². The van der Waals surface area contributed by atoms with Gasteiger partial charge < -0.3 is 15.5 Å². The lowest BCUT2D eigenvalue weighted by molar-refractivity contribution is 0.0995. The van der Waals surface area contributed by atoms with Crippen molar-refractivity contribution >= 4 is 23.1 Å². The quantitative estimate of drug-likeness (QED) is 0.398. The lowest BCUT2D eigenvalue weighted by atomic mass is 9.95. The van der Waals surface area contributed by atoms with E-state index in [-0.39, 0.29) is 11.7 Å². The number of anilines is 2. The zero-order valence-electron chi connectivity index (χ0n) is 20.2. The minimum Gasteiger partial charge on any atom is -0.385 e. The number of benzene rings is 3. The number of likely N-dealkylation sites (tertiary alicyclic amines) is 1. The van der Waals surface area contributed by atoms with Gasteiger partial charge in [0.25, 0.3) is 5.91 Å². The maximum absolute atomic E-state index is 13.0. The molecule has 5 heteroatoms. The molecule has 1 aliphatic heterocycles. The summed E-state index contributed by atoms with van der Waals surface area (Å²) >= 11 is 0. The van der Waals surface area contributed by atoms with Gasteiger partial charge in [0.2, 0.25) is 0 Å². The molecule has 0 bridgehead atoms. The van der Waals surface area contributed by atoms with Crippen LogP contribution in [0.4, 0.5) is 11.4 Å². The van der Waals surface area contributed by atoms with Crippen molar-refractivity contribution in [1.29, 1.82) is 0 Å². The summed E-state index contributed by atoms with van der Waals surface area (Å²) in [6.45, 7) is 4.52. The van der Waals surface area contributed by atoms with Gasteiger partial charge in [-0.15, -0.1) is 0 Å². The van der Waals surface area contributed by atoms with Gasteiger partial charge >= 0.3 is 0 Å². The largest absolute Gasteiger partial charge is 0.385 e. The molecule has 0 radical (unpaired) electrons. The summed E-state index contributed by atoms with van der Waals surface area (Å²) in [5.74, 6) is -0.104. The third kappa shape index (κ3) is 5.46. The van der Waals surface area contributed by atoms with Crippen LogP contribution in [0.5, 0.6) is 0 Å². The molecule has 1 saturated heterocycles. The van der Waals surface area contributed by atoms with E-state index in [0.717, 1.165) is 41.9 Å². The van der Waals surface area contributed by atoms with E-state index in [9.17, 15) is 9.59 Å². The first kappa shape index (κ1) is 23.3. The fraction of sp³-hybridized carbons (Fsp3) is 0.333. The van der Waals surface area contributed by atoms with E-state index in [4.69, 9.17) is 0 Å². The Hall–Kier alpha value is -3.44. The normalized spacial score (nSPS) is 15.6. The molecule has 0 spiro atoms. The molecule has 1 amide bonds.